The van der Waals surface area contributed by atoms with Gasteiger partial charge in [-0.25, -0.2) is 9.18 Å². The lowest BCUT2D eigenvalue weighted by Crippen LogP contribution is -2.27. The fourth-order valence-electron chi connectivity index (χ4n) is 1.74. The molecule has 0 saturated carbocycles. The van der Waals surface area contributed by atoms with Crippen LogP contribution in [0.15, 0.2) is 41.2 Å². The van der Waals surface area contributed by atoms with E-state index in [0.29, 0.717) is 12.2 Å². The van der Waals surface area contributed by atoms with E-state index in [4.69, 9.17) is 9.15 Å². The monoisotopic (exact) mass is 306 g/mol. The minimum Gasteiger partial charge on any atom is -0.472 e. The molecular weight excluding hydrogens is 287 g/mol. The Morgan fingerprint density at radius 1 is 1.32 bits per heavy atom. The average molecular weight is 306 g/mol. The smallest absolute Gasteiger partial charge is 0.412 e. The van der Waals surface area contributed by atoms with Crippen LogP contribution in [0.2, 0.25) is 0 Å². The van der Waals surface area contributed by atoms with Crippen molar-refractivity contribution in [3.05, 3.63) is 48.2 Å². The van der Waals surface area contributed by atoms with Crippen LogP contribution in [0, 0.1) is 5.82 Å². The summed E-state index contributed by atoms with van der Waals surface area (Å²) in [5, 5.41) is 5.52. The van der Waals surface area contributed by atoms with Crippen molar-refractivity contribution in [2.75, 3.05) is 10.6 Å². The molecule has 22 heavy (non-hydrogen) atoms. The largest absolute Gasteiger partial charge is 0.472 e. The maximum atomic E-state index is 13.8. The molecule has 0 fully saturated rings. The molecule has 5 nitrogen and oxygen atoms in total. The van der Waals surface area contributed by atoms with Crippen molar-refractivity contribution < 1.29 is 18.3 Å². The highest BCUT2D eigenvalue weighted by molar-refractivity contribution is 5.85. The van der Waals surface area contributed by atoms with Crippen LogP contribution in [0.25, 0.3) is 0 Å². The summed E-state index contributed by atoms with van der Waals surface area (Å²) in [6.07, 6.45) is 2.51. The van der Waals surface area contributed by atoms with E-state index in [1.54, 1.807) is 39.4 Å². The maximum absolute atomic E-state index is 13.8. The van der Waals surface area contributed by atoms with Gasteiger partial charge in [0.15, 0.2) is 0 Å². The molecule has 0 atom stereocenters. The van der Waals surface area contributed by atoms with E-state index in [0.717, 1.165) is 5.56 Å². The number of halogens is 1. The summed E-state index contributed by atoms with van der Waals surface area (Å²) >= 11 is 0. The first kappa shape index (κ1) is 15.9. The van der Waals surface area contributed by atoms with Crippen molar-refractivity contribution in [1.29, 1.82) is 0 Å². The Morgan fingerprint density at radius 3 is 2.73 bits per heavy atom. The highest BCUT2D eigenvalue weighted by atomic mass is 19.1. The van der Waals surface area contributed by atoms with Gasteiger partial charge >= 0.3 is 6.09 Å². The summed E-state index contributed by atoms with van der Waals surface area (Å²) in [5.74, 6) is -0.528. The number of anilines is 2. The molecule has 0 aliphatic heterocycles. The lowest BCUT2D eigenvalue weighted by molar-refractivity contribution is 0.0635. The molecule has 2 aromatic rings. The molecule has 2 N–H and O–H groups in total. The third-order valence-corrected chi connectivity index (χ3v) is 2.68. The van der Waals surface area contributed by atoms with Crippen LogP contribution in [-0.4, -0.2) is 11.7 Å². The second kappa shape index (κ2) is 6.51. The average Bonchev–Trinajstić information content (AvgIpc) is 2.90. The predicted octanol–water partition coefficient (Wildman–Crippen LogP) is 4.38. The quantitative estimate of drug-likeness (QED) is 0.880. The van der Waals surface area contributed by atoms with E-state index in [9.17, 15) is 9.18 Å². The van der Waals surface area contributed by atoms with E-state index in [1.165, 1.54) is 12.1 Å². The van der Waals surface area contributed by atoms with E-state index >= 15 is 0 Å². The Hall–Kier alpha value is -2.50. The van der Waals surface area contributed by atoms with E-state index in [1.807, 2.05) is 6.07 Å². The van der Waals surface area contributed by atoms with Crippen LogP contribution >= 0.6 is 0 Å². The van der Waals surface area contributed by atoms with Crippen molar-refractivity contribution in [1.82, 2.24) is 0 Å². The molecule has 6 heteroatoms. The normalized spacial score (nSPS) is 11.1. The van der Waals surface area contributed by atoms with E-state index in [2.05, 4.69) is 10.6 Å². The maximum Gasteiger partial charge on any atom is 0.412 e. The number of hydrogen-bond donors (Lipinski definition) is 2. The Morgan fingerprint density at radius 2 is 2.09 bits per heavy atom. The molecular formula is C16H19FN2O3. The van der Waals surface area contributed by atoms with Gasteiger partial charge in [0, 0.05) is 17.8 Å². The fourth-order valence-corrected chi connectivity index (χ4v) is 1.74. The Labute approximate surface area is 128 Å². The van der Waals surface area contributed by atoms with Gasteiger partial charge in [0.1, 0.15) is 11.4 Å². The number of amides is 1. The Balaban J connectivity index is 2.01. The molecule has 0 bridgehead atoms. The van der Waals surface area contributed by atoms with Crippen LogP contribution in [0.4, 0.5) is 20.6 Å². The van der Waals surface area contributed by atoms with Gasteiger partial charge in [0.25, 0.3) is 0 Å². The summed E-state index contributed by atoms with van der Waals surface area (Å²) in [6.45, 7) is 5.76. The van der Waals surface area contributed by atoms with Crippen LogP contribution in [0.3, 0.4) is 0 Å². The van der Waals surface area contributed by atoms with Gasteiger partial charge in [-0.1, -0.05) is 0 Å². The number of ether oxygens (including phenoxy) is 1. The van der Waals surface area contributed by atoms with Crippen LogP contribution in [0.5, 0.6) is 0 Å². The molecule has 1 heterocycles. The number of nitrogens with one attached hydrogen (secondary N) is 2. The Bertz CT molecular complexity index is 633. The Kier molecular flexibility index (Phi) is 4.70. The first-order valence-electron chi connectivity index (χ1n) is 6.88. The highest BCUT2D eigenvalue weighted by Crippen LogP contribution is 2.21. The van der Waals surface area contributed by atoms with Gasteiger partial charge in [-0.2, -0.15) is 0 Å². The molecule has 1 amide bonds. The third-order valence-electron chi connectivity index (χ3n) is 2.68. The van der Waals surface area contributed by atoms with E-state index in [-0.39, 0.29) is 5.69 Å². The molecule has 2 rings (SSSR count). The number of carbonyl (C=O) groups excluding carboxylic acids is 1. The number of benzene rings is 1. The van der Waals surface area contributed by atoms with Gasteiger partial charge in [-0.05, 0) is 45.0 Å². The predicted molar refractivity (Wildman–Crippen MR) is 82.3 cm³/mol. The van der Waals surface area contributed by atoms with Gasteiger partial charge < -0.3 is 14.5 Å². The molecule has 118 valence electrons. The zero-order valence-corrected chi connectivity index (χ0v) is 12.8. The molecule has 0 aliphatic rings. The molecule has 0 spiro atoms. The van der Waals surface area contributed by atoms with Crippen LogP contribution in [-0.2, 0) is 11.3 Å². The van der Waals surface area contributed by atoms with Crippen molar-refractivity contribution in [2.45, 2.75) is 32.9 Å². The standard InChI is InChI=1S/C16H19FN2O3/c1-16(2,3)22-15(20)19-14-8-12(4-5-13(14)17)18-9-11-6-7-21-10-11/h4-8,10,18H,9H2,1-3H3,(H,19,20). The van der Waals surface area contributed by atoms with Crippen molar-refractivity contribution in [2.24, 2.45) is 0 Å². The highest BCUT2D eigenvalue weighted by Gasteiger charge is 2.17. The lowest BCUT2D eigenvalue weighted by Gasteiger charge is -2.20. The van der Waals surface area contributed by atoms with Gasteiger partial charge in [0.2, 0.25) is 0 Å². The first-order valence-corrected chi connectivity index (χ1v) is 6.88. The van der Waals surface area contributed by atoms with Crippen LogP contribution in [0.1, 0.15) is 26.3 Å². The third kappa shape index (κ3) is 4.80. The van der Waals surface area contributed by atoms with Gasteiger partial charge in [0.05, 0.1) is 18.2 Å². The summed E-state index contributed by atoms with van der Waals surface area (Å²) in [6, 6.07) is 6.22. The minimum absolute atomic E-state index is 0.0615. The zero-order chi connectivity index (χ0) is 16.2. The van der Waals surface area contributed by atoms with Crippen molar-refractivity contribution in [3.8, 4) is 0 Å². The molecule has 0 saturated heterocycles. The van der Waals surface area contributed by atoms with E-state index < -0.39 is 17.5 Å². The second-order valence-electron chi connectivity index (χ2n) is 5.81. The topological polar surface area (TPSA) is 63.5 Å². The second-order valence-corrected chi connectivity index (χ2v) is 5.81. The van der Waals surface area contributed by atoms with Gasteiger partial charge in [-0.3, -0.25) is 5.32 Å². The fraction of sp³-hybridized carbons (Fsp3) is 0.312. The molecule has 0 radical (unpaired) electrons. The molecule has 0 unspecified atom stereocenters. The van der Waals surface area contributed by atoms with Crippen molar-refractivity contribution in [3.63, 3.8) is 0 Å². The number of rotatable bonds is 4. The molecule has 0 aliphatic carbocycles. The summed E-state index contributed by atoms with van der Waals surface area (Å²) in [7, 11) is 0. The summed E-state index contributed by atoms with van der Waals surface area (Å²) in [4.78, 5) is 11.7. The number of carbonyl (C=O) groups is 1. The zero-order valence-electron chi connectivity index (χ0n) is 12.8. The summed E-state index contributed by atoms with van der Waals surface area (Å²) in [5.41, 5.74) is 1.06. The molecule has 1 aromatic heterocycles. The SMILES string of the molecule is CC(C)(C)OC(=O)Nc1cc(NCc2ccoc2)ccc1F. The van der Waals surface area contributed by atoms with Crippen molar-refractivity contribution >= 4 is 17.5 Å². The summed E-state index contributed by atoms with van der Waals surface area (Å²) < 4.78 is 23.8. The number of furan rings is 1. The minimum atomic E-state index is -0.696. The van der Waals surface area contributed by atoms with Crippen LogP contribution < -0.4 is 10.6 Å². The molecule has 1 aromatic carbocycles. The first-order chi connectivity index (χ1) is 10.3. The lowest BCUT2D eigenvalue weighted by atomic mass is 10.2. The van der Waals surface area contributed by atoms with Gasteiger partial charge in [-0.15, -0.1) is 0 Å². The number of hydrogen-bond acceptors (Lipinski definition) is 4.